The Morgan fingerprint density at radius 2 is 1.95 bits per heavy atom. The molecule has 0 aromatic heterocycles. The first-order valence-corrected chi connectivity index (χ1v) is 6.35. The molecule has 1 rings (SSSR count). The lowest BCUT2D eigenvalue weighted by molar-refractivity contribution is -0.146. The van der Waals surface area contributed by atoms with E-state index in [2.05, 4.69) is 0 Å². The molecule has 112 valence electrons. The summed E-state index contributed by atoms with van der Waals surface area (Å²) >= 11 is 0. The summed E-state index contributed by atoms with van der Waals surface area (Å²) in [7, 11) is 2.95. The fourth-order valence-corrected chi connectivity index (χ4v) is 1.98. The summed E-state index contributed by atoms with van der Waals surface area (Å²) in [5.74, 6) is -0.0610. The predicted molar refractivity (Wildman–Crippen MR) is 74.2 cm³/mol. The Morgan fingerprint density at radius 3 is 2.35 bits per heavy atom. The van der Waals surface area contributed by atoms with Gasteiger partial charge in [0.1, 0.15) is 6.17 Å². The second kappa shape index (κ2) is 6.11. The second-order valence-electron chi connectivity index (χ2n) is 5.40. The summed E-state index contributed by atoms with van der Waals surface area (Å²) in [6.45, 7) is 4.66. The highest BCUT2D eigenvalue weighted by Gasteiger charge is 2.30. The Hall–Kier alpha value is -1.78. The van der Waals surface area contributed by atoms with E-state index in [0.29, 0.717) is 22.6 Å². The Morgan fingerprint density at radius 1 is 1.35 bits per heavy atom. The van der Waals surface area contributed by atoms with Gasteiger partial charge in [-0.3, -0.25) is 4.79 Å². The predicted octanol–water partition coefficient (Wildman–Crippen LogP) is 3.39. The van der Waals surface area contributed by atoms with Crippen LogP contribution in [0, 0.1) is 5.41 Å². The van der Waals surface area contributed by atoms with Crippen molar-refractivity contribution in [1.82, 2.24) is 0 Å². The molecule has 0 amide bonds. The molecule has 0 fully saturated rings. The van der Waals surface area contributed by atoms with Crippen molar-refractivity contribution in [2.24, 2.45) is 5.41 Å². The normalized spacial score (nSPS) is 12.9. The van der Waals surface area contributed by atoms with Crippen LogP contribution in [0.3, 0.4) is 0 Å². The van der Waals surface area contributed by atoms with Crippen LogP contribution < -0.4 is 9.47 Å². The van der Waals surface area contributed by atoms with Gasteiger partial charge in [-0.1, -0.05) is 0 Å². The highest BCUT2D eigenvalue weighted by Crippen LogP contribution is 2.38. The molecule has 5 heteroatoms. The molecule has 1 atom stereocenters. The van der Waals surface area contributed by atoms with Gasteiger partial charge in [0.25, 0.3) is 0 Å². The van der Waals surface area contributed by atoms with Crippen LogP contribution >= 0.6 is 0 Å². The lowest BCUT2D eigenvalue weighted by Crippen LogP contribution is -2.26. The minimum Gasteiger partial charge on any atom is -0.493 e. The number of alkyl halides is 1. The standard InChI is InChI=1S/C15H21FO4/c1-9(16)10-6-11(8-15(2,3)14(17)18)13(20-5)12(7-10)19-4/h6-7,9H,8H2,1-5H3,(H,17,18). The van der Waals surface area contributed by atoms with E-state index in [0.717, 1.165) is 0 Å². The smallest absolute Gasteiger partial charge is 0.309 e. The third-order valence-corrected chi connectivity index (χ3v) is 3.25. The van der Waals surface area contributed by atoms with Gasteiger partial charge in [0.2, 0.25) is 0 Å². The molecule has 0 bridgehead atoms. The topological polar surface area (TPSA) is 55.8 Å². The molecule has 0 spiro atoms. The van der Waals surface area contributed by atoms with Gasteiger partial charge in [0.15, 0.2) is 11.5 Å². The van der Waals surface area contributed by atoms with Gasteiger partial charge in [-0.2, -0.15) is 0 Å². The van der Waals surface area contributed by atoms with Crippen LogP contribution in [0.4, 0.5) is 4.39 Å². The molecular formula is C15H21FO4. The molecular weight excluding hydrogens is 263 g/mol. The average Bonchev–Trinajstić information content (AvgIpc) is 2.36. The Bertz CT molecular complexity index is 495. The number of benzene rings is 1. The first-order chi connectivity index (χ1) is 9.22. The molecule has 4 nitrogen and oxygen atoms in total. The van der Waals surface area contributed by atoms with Gasteiger partial charge in [-0.25, -0.2) is 4.39 Å². The van der Waals surface area contributed by atoms with Crippen LogP contribution in [0.1, 0.15) is 38.1 Å². The van der Waals surface area contributed by atoms with E-state index < -0.39 is 17.6 Å². The molecule has 0 aliphatic carbocycles. The highest BCUT2D eigenvalue weighted by molar-refractivity contribution is 5.74. The minimum absolute atomic E-state index is 0.225. The Balaban J connectivity index is 3.35. The summed E-state index contributed by atoms with van der Waals surface area (Å²) in [4.78, 5) is 11.3. The van der Waals surface area contributed by atoms with Crippen LogP contribution in [-0.2, 0) is 11.2 Å². The average molecular weight is 284 g/mol. The van der Waals surface area contributed by atoms with Crippen molar-refractivity contribution < 1.29 is 23.8 Å². The summed E-state index contributed by atoms with van der Waals surface area (Å²) < 4.78 is 24.0. The maximum atomic E-state index is 13.5. The molecule has 0 saturated carbocycles. The molecule has 1 aromatic rings. The number of carbonyl (C=O) groups is 1. The third-order valence-electron chi connectivity index (χ3n) is 3.25. The zero-order valence-corrected chi connectivity index (χ0v) is 12.5. The van der Waals surface area contributed by atoms with Gasteiger partial charge in [-0.05, 0) is 50.5 Å². The maximum Gasteiger partial charge on any atom is 0.309 e. The number of hydrogen-bond acceptors (Lipinski definition) is 3. The number of methoxy groups -OCH3 is 2. The SMILES string of the molecule is COc1cc(C(C)F)cc(CC(C)(C)C(=O)O)c1OC. The highest BCUT2D eigenvalue weighted by atomic mass is 19.1. The second-order valence-corrected chi connectivity index (χ2v) is 5.40. The van der Waals surface area contributed by atoms with Crippen molar-refractivity contribution >= 4 is 5.97 Å². The van der Waals surface area contributed by atoms with Crippen molar-refractivity contribution in [3.8, 4) is 11.5 Å². The van der Waals surface area contributed by atoms with Crippen LogP contribution in [0.2, 0.25) is 0 Å². The molecule has 1 aromatic carbocycles. The van der Waals surface area contributed by atoms with Crippen molar-refractivity contribution in [3.63, 3.8) is 0 Å². The van der Waals surface area contributed by atoms with Gasteiger partial charge >= 0.3 is 5.97 Å². The van der Waals surface area contributed by atoms with Gasteiger partial charge < -0.3 is 14.6 Å². The van der Waals surface area contributed by atoms with E-state index >= 15 is 0 Å². The van der Waals surface area contributed by atoms with Gasteiger partial charge in [-0.15, -0.1) is 0 Å². The molecule has 0 saturated heterocycles. The van der Waals surface area contributed by atoms with Crippen LogP contribution in [0.25, 0.3) is 0 Å². The molecule has 0 heterocycles. The number of aliphatic carboxylic acids is 1. The quantitative estimate of drug-likeness (QED) is 0.870. The lowest BCUT2D eigenvalue weighted by atomic mass is 9.85. The first kappa shape index (κ1) is 16.3. The molecule has 1 unspecified atom stereocenters. The first-order valence-electron chi connectivity index (χ1n) is 6.35. The molecule has 0 aliphatic rings. The van der Waals surface area contributed by atoms with Crippen molar-refractivity contribution in [2.75, 3.05) is 14.2 Å². The molecule has 0 radical (unpaired) electrons. The molecule has 1 N–H and O–H groups in total. The molecule has 20 heavy (non-hydrogen) atoms. The largest absolute Gasteiger partial charge is 0.493 e. The number of carboxylic acids is 1. The van der Waals surface area contributed by atoms with E-state index in [1.165, 1.54) is 21.1 Å². The number of hydrogen-bond donors (Lipinski definition) is 1. The number of ether oxygens (including phenoxy) is 2. The zero-order valence-electron chi connectivity index (χ0n) is 12.5. The fourth-order valence-electron chi connectivity index (χ4n) is 1.98. The van der Waals surface area contributed by atoms with E-state index in [9.17, 15) is 14.3 Å². The Kier molecular flexibility index (Phi) is 4.98. The van der Waals surface area contributed by atoms with Crippen LogP contribution in [0.5, 0.6) is 11.5 Å². The van der Waals surface area contributed by atoms with E-state index in [4.69, 9.17) is 9.47 Å². The summed E-state index contributed by atoms with van der Waals surface area (Å²) in [6.07, 6.45) is -0.941. The third kappa shape index (κ3) is 3.40. The van der Waals surface area contributed by atoms with Gasteiger partial charge in [0, 0.05) is 0 Å². The van der Waals surface area contributed by atoms with E-state index in [1.807, 2.05) is 0 Å². The van der Waals surface area contributed by atoms with Crippen LogP contribution in [-0.4, -0.2) is 25.3 Å². The number of halogens is 1. The molecule has 0 aliphatic heterocycles. The van der Waals surface area contributed by atoms with E-state index in [1.54, 1.807) is 26.0 Å². The van der Waals surface area contributed by atoms with Gasteiger partial charge in [0.05, 0.1) is 19.6 Å². The summed E-state index contributed by atoms with van der Waals surface area (Å²) in [6, 6.07) is 3.21. The zero-order chi connectivity index (χ0) is 15.5. The Labute approximate surface area is 118 Å². The van der Waals surface area contributed by atoms with Crippen molar-refractivity contribution in [1.29, 1.82) is 0 Å². The summed E-state index contributed by atoms with van der Waals surface area (Å²) in [5, 5.41) is 9.23. The monoisotopic (exact) mass is 284 g/mol. The lowest BCUT2D eigenvalue weighted by Gasteiger charge is -2.22. The van der Waals surface area contributed by atoms with Crippen LogP contribution in [0.15, 0.2) is 12.1 Å². The fraction of sp³-hybridized carbons (Fsp3) is 0.533. The maximum absolute atomic E-state index is 13.5. The summed E-state index contributed by atoms with van der Waals surface area (Å²) in [5.41, 5.74) is 0.0915. The van der Waals surface area contributed by atoms with E-state index in [-0.39, 0.29) is 6.42 Å². The van der Waals surface area contributed by atoms with Crippen molar-refractivity contribution in [3.05, 3.63) is 23.3 Å². The number of carboxylic acid groups (broad SMARTS) is 1. The number of rotatable bonds is 6. The minimum atomic E-state index is -1.17. The van der Waals surface area contributed by atoms with Crippen molar-refractivity contribution in [2.45, 2.75) is 33.4 Å².